The van der Waals surface area contributed by atoms with Crippen molar-refractivity contribution < 1.29 is 28.7 Å². The van der Waals surface area contributed by atoms with Gasteiger partial charge in [-0.15, -0.1) is 11.3 Å². The van der Waals surface area contributed by atoms with Gasteiger partial charge in [0.1, 0.15) is 5.00 Å². The highest BCUT2D eigenvalue weighted by molar-refractivity contribution is 7.18. The highest BCUT2D eigenvalue weighted by atomic mass is 32.1. The molecule has 1 aromatic carbocycles. The van der Waals surface area contributed by atoms with E-state index in [1.165, 1.54) is 6.92 Å². The van der Waals surface area contributed by atoms with Gasteiger partial charge in [-0.05, 0) is 58.4 Å². The van der Waals surface area contributed by atoms with Crippen molar-refractivity contribution in [2.75, 3.05) is 18.5 Å². The number of thiophene rings is 1. The second-order valence-electron chi connectivity index (χ2n) is 7.62. The first-order valence-corrected chi connectivity index (χ1v) is 11.5. The van der Waals surface area contributed by atoms with Crippen molar-refractivity contribution in [3.8, 4) is 5.69 Å². The molecule has 34 heavy (non-hydrogen) atoms. The molecule has 0 unspecified atom stereocenters. The molecule has 0 radical (unpaired) electrons. The number of carbonyl (C=O) groups excluding carboxylic acids is 4. The van der Waals surface area contributed by atoms with E-state index in [0.717, 1.165) is 22.7 Å². The summed E-state index contributed by atoms with van der Waals surface area (Å²) >= 11 is 0.987. The molecule has 0 spiro atoms. The van der Waals surface area contributed by atoms with Gasteiger partial charge in [0.15, 0.2) is 12.4 Å². The summed E-state index contributed by atoms with van der Waals surface area (Å²) in [6, 6.07) is 11.3. The first-order valence-electron chi connectivity index (χ1n) is 10.7. The van der Waals surface area contributed by atoms with E-state index >= 15 is 0 Å². The largest absolute Gasteiger partial charge is 0.462 e. The van der Waals surface area contributed by atoms with Gasteiger partial charge in [-0.1, -0.05) is 18.2 Å². The molecule has 2 heterocycles. The van der Waals surface area contributed by atoms with Gasteiger partial charge < -0.3 is 19.4 Å². The molecule has 1 amide bonds. The first-order chi connectivity index (χ1) is 16.1. The number of ether oxygens (including phenoxy) is 2. The third kappa shape index (κ3) is 5.09. The van der Waals surface area contributed by atoms with Crippen LogP contribution in [-0.2, 0) is 14.3 Å². The van der Waals surface area contributed by atoms with E-state index in [0.29, 0.717) is 21.7 Å². The monoisotopic (exact) mass is 482 g/mol. The van der Waals surface area contributed by atoms with Gasteiger partial charge in [0, 0.05) is 17.1 Å². The molecular formula is C25H26N2O6S. The lowest BCUT2D eigenvalue weighted by Gasteiger charge is -2.10. The lowest BCUT2D eigenvalue weighted by molar-refractivity contribution is -0.119. The number of nitrogens with zero attached hydrogens (tertiary/aromatic N) is 1. The van der Waals surface area contributed by atoms with Crippen molar-refractivity contribution in [2.45, 2.75) is 34.6 Å². The molecule has 0 aliphatic rings. The maximum absolute atomic E-state index is 12.7. The highest BCUT2D eigenvalue weighted by Gasteiger charge is 2.26. The molecule has 0 aliphatic heterocycles. The summed E-state index contributed by atoms with van der Waals surface area (Å²) in [4.78, 5) is 49.9. The number of anilines is 1. The number of aryl methyl sites for hydroxylation is 1. The molecule has 1 N–H and O–H groups in total. The standard InChI is InChI=1S/C25H26N2O6S/c1-6-32-25(31)21-15(3)22(17(5)28)34-23(21)26-20(29)13-33-24(30)19-12-14(2)27(16(19)4)18-10-8-7-9-11-18/h7-12H,6,13H2,1-5H3,(H,26,29). The van der Waals surface area contributed by atoms with Gasteiger partial charge in [0.2, 0.25) is 0 Å². The lowest BCUT2D eigenvalue weighted by atomic mass is 10.1. The molecule has 178 valence electrons. The van der Waals surface area contributed by atoms with E-state index in [4.69, 9.17) is 9.47 Å². The maximum Gasteiger partial charge on any atom is 0.341 e. The molecular weight excluding hydrogens is 456 g/mol. The van der Waals surface area contributed by atoms with Gasteiger partial charge in [-0.25, -0.2) is 9.59 Å². The second-order valence-corrected chi connectivity index (χ2v) is 8.64. The Kier molecular flexibility index (Phi) is 7.68. The smallest absolute Gasteiger partial charge is 0.341 e. The van der Waals surface area contributed by atoms with E-state index in [2.05, 4.69) is 5.32 Å². The van der Waals surface area contributed by atoms with Crippen molar-refractivity contribution in [3.63, 3.8) is 0 Å². The predicted molar refractivity (Wildman–Crippen MR) is 129 cm³/mol. The number of benzene rings is 1. The molecule has 3 aromatic rings. The van der Waals surface area contributed by atoms with Crippen LogP contribution >= 0.6 is 11.3 Å². The summed E-state index contributed by atoms with van der Waals surface area (Å²) < 4.78 is 12.2. The van der Waals surface area contributed by atoms with Gasteiger partial charge in [0.05, 0.1) is 22.6 Å². The topological polar surface area (TPSA) is 104 Å². The van der Waals surface area contributed by atoms with Crippen molar-refractivity contribution in [1.82, 2.24) is 4.57 Å². The molecule has 9 heteroatoms. The molecule has 3 rings (SSSR count). The van der Waals surface area contributed by atoms with Crippen molar-refractivity contribution in [3.05, 3.63) is 69.4 Å². The van der Waals surface area contributed by atoms with Crippen LogP contribution in [0, 0.1) is 20.8 Å². The molecule has 0 bridgehead atoms. The zero-order valence-electron chi connectivity index (χ0n) is 19.7. The minimum absolute atomic E-state index is 0.128. The quantitative estimate of drug-likeness (QED) is 0.371. The van der Waals surface area contributed by atoms with Crippen LogP contribution in [0.2, 0.25) is 0 Å². The van der Waals surface area contributed by atoms with Crippen LogP contribution in [-0.4, -0.2) is 41.4 Å². The summed E-state index contributed by atoms with van der Waals surface area (Å²) in [5.41, 5.74) is 3.38. The Labute approximate surface area is 201 Å². The number of amides is 1. The minimum Gasteiger partial charge on any atom is -0.462 e. The zero-order valence-corrected chi connectivity index (χ0v) is 20.5. The van der Waals surface area contributed by atoms with Crippen LogP contribution in [0.4, 0.5) is 5.00 Å². The number of rotatable bonds is 8. The van der Waals surface area contributed by atoms with Crippen LogP contribution in [0.1, 0.15) is 61.2 Å². The van der Waals surface area contributed by atoms with Crippen LogP contribution in [0.15, 0.2) is 36.4 Å². The Morgan fingerprint density at radius 3 is 2.29 bits per heavy atom. The van der Waals surface area contributed by atoms with E-state index < -0.39 is 24.5 Å². The fraction of sp³-hybridized carbons (Fsp3) is 0.280. The number of hydrogen-bond acceptors (Lipinski definition) is 7. The molecule has 0 fully saturated rings. The third-order valence-electron chi connectivity index (χ3n) is 5.20. The van der Waals surface area contributed by atoms with Crippen LogP contribution in [0.3, 0.4) is 0 Å². The number of carbonyl (C=O) groups is 4. The van der Waals surface area contributed by atoms with Gasteiger partial charge in [-0.2, -0.15) is 0 Å². The number of hydrogen-bond donors (Lipinski definition) is 1. The number of nitrogens with one attached hydrogen (secondary N) is 1. The molecule has 8 nitrogen and oxygen atoms in total. The SMILES string of the molecule is CCOC(=O)c1c(NC(=O)COC(=O)c2cc(C)n(-c3ccccc3)c2C)sc(C(C)=O)c1C. The number of Topliss-reactive ketones (excluding diaryl/α,β-unsaturated/α-hetero) is 1. The number of ketones is 1. The van der Waals surface area contributed by atoms with E-state index in [-0.39, 0.29) is 23.0 Å². The summed E-state index contributed by atoms with van der Waals surface area (Å²) in [7, 11) is 0. The Morgan fingerprint density at radius 1 is 1.00 bits per heavy atom. The van der Waals surface area contributed by atoms with Gasteiger partial charge in [-0.3, -0.25) is 9.59 Å². The Balaban J connectivity index is 1.74. The van der Waals surface area contributed by atoms with Crippen LogP contribution in [0.5, 0.6) is 0 Å². The second kappa shape index (κ2) is 10.5. The highest BCUT2D eigenvalue weighted by Crippen LogP contribution is 2.34. The van der Waals surface area contributed by atoms with E-state index in [9.17, 15) is 19.2 Å². The normalized spacial score (nSPS) is 10.6. The first kappa shape index (κ1) is 24.9. The maximum atomic E-state index is 12.7. The fourth-order valence-corrected chi connectivity index (χ4v) is 4.81. The Bertz CT molecular complexity index is 1260. The Hall–Kier alpha value is -3.72. The molecule has 2 aromatic heterocycles. The van der Waals surface area contributed by atoms with Crippen molar-refractivity contribution in [2.24, 2.45) is 0 Å². The molecule has 0 atom stereocenters. The number of aromatic nitrogens is 1. The van der Waals surface area contributed by atoms with E-state index in [1.807, 2.05) is 41.8 Å². The zero-order chi connectivity index (χ0) is 25.0. The van der Waals surface area contributed by atoms with Crippen molar-refractivity contribution in [1.29, 1.82) is 0 Å². The van der Waals surface area contributed by atoms with Gasteiger partial charge in [0.25, 0.3) is 5.91 Å². The summed E-state index contributed by atoms with van der Waals surface area (Å²) in [5, 5.41) is 2.76. The van der Waals surface area contributed by atoms with Crippen molar-refractivity contribution >= 4 is 40.0 Å². The van der Waals surface area contributed by atoms with Gasteiger partial charge >= 0.3 is 11.9 Å². The predicted octanol–water partition coefficient (Wildman–Crippen LogP) is 4.64. The number of esters is 2. The van der Waals surface area contributed by atoms with E-state index in [1.54, 1.807) is 26.8 Å². The molecule has 0 aliphatic carbocycles. The summed E-state index contributed by atoms with van der Waals surface area (Å²) in [6.07, 6.45) is 0. The third-order valence-corrected chi connectivity index (χ3v) is 6.51. The minimum atomic E-state index is -0.636. The fourth-order valence-electron chi connectivity index (χ4n) is 3.70. The summed E-state index contributed by atoms with van der Waals surface area (Å²) in [6.45, 7) is 7.95. The van der Waals surface area contributed by atoms with Crippen LogP contribution < -0.4 is 5.32 Å². The average Bonchev–Trinajstić information content (AvgIpc) is 3.28. The number of para-hydroxylation sites is 1. The Morgan fingerprint density at radius 2 is 1.68 bits per heavy atom. The lowest BCUT2D eigenvalue weighted by Crippen LogP contribution is -2.22. The van der Waals surface area contributed by atoms with Crippen LogP contribution in [0.25, 0.3) is 5.69 Å². The average molecular weight is 483 g/mol. The molecule has 0 saturated heterocycles. The molecule has 0 saturated carbocycles. The summed E-state index contributed by atoms with van der Waals surface area (Å²) in [5.74, 6) is -2.13.